The molecule has 0 N–H and O–H groups in total. The summed E-state index contributed by atoms with van der Waals surface area (Å²) in [6.45, 7) is 2.26. The number of rotatable bonds is 5. The predicted octanol–water partition coefficient (Wildman–Crippen LogP) is 6.23. The first-order valence-corrected chi connectivity index (χ1v) is 10.5. The standard InChI is InChI=1S/C18H35NO2S/c1-2-3-16-22-18-14-9-7-5-4-6-8-12-17(19(20)21)13-10-11-15-18/h17-18H,2-16H2,1H3. The van der Waals surface area contributed by atoms with E-state index in [2.05, 4.69) is 18.7 Å². The first-order valence-electron chi connectivity index (χ1n) is 9.49. The summed E-state index contributed by atoms with van der Waals surface area (Å²) in [6.07, 6.45) is 16.5. The van der Waals surface area contributed by atoms with Crippen molar-refractivity contribution in [2.45, 2.75) is 108 Å². The number of unbranched alkanes of at least 4 members (excludes halogenated alkanes) is 1. The maximum Gasteiger partial charge on any atom is 0.213 e. The first-order chi connectivity index (χ1) is 10.7. The normalized spacial score (nSPS) is 26.2. The number of nitrogens with zero attached hydrogens (tertiary/aromatic N) is 1. The van der Waals surface area contributed by atoms with Gasteiger partial charge in [-0.1, -0.05) is 51.9 Å². The van der Waals surface area contributed by atoms with Crippen molar-refractivity contribution in [3.8, 4) is 0 Å². The van der Waals surface area contributed by atoms with Crippen LogP contribution in [-0.4, -0.2) is 22.0 Å². The molecule has 0 heterocycles. The minimum atomic E-state index is -0.283. The van der Waals surface area contributed by atoms with Crippen LogP contribution >= 0.6 is 11.8 Å². The maximum absolute atomic E-state index is 11.1. The Morgan fingerprint density at radius 2 is 1.41 bits per heavy atom. The summed E-state index contributed by atoms with van der Waals surface area (Å²) in [4.78, 5) is 11.1. The van der Waals surface area contributed by atoms with Gasteiger partial charge >= 0.3 is 0 Å². The SMILES string of the molecule is CCCCSC1CCCCCCCCC([N+](=O)[O-])CCCC1. The van der Waals surface area contributed by atoms with Crippen LogP contribution in [0.4, 0.5) is 0 Å². The molecule has 0 aromatic carbocycles. The van der Waals surface area contributed by atoms with E-state index < -0.39 is 0 Å². The first kappa shape index (κ1) is 19.8. The molecule has 0 bridgehead atoms. The average Bonchev–Trinajstić information content (AvgIpc) is 2.50. The molecule has 0 radical (unpaired) electrons. The highest BCUT2D eigenvalue weighted by molar-refractivity contribution is 7.99. The van der Waals surface area contributed by atoms with E-state index in [9.17, 15) is 10.1 Å². The highest BCUT2D eigenvalue weighted by Gasteiger charge is 2.19. The van der Waals surface area contributed by atoms with Crippen LogP contribution in [0.2, 0.25) is 0 Å². The van der Waals surface area contributed by atoms with Gasteiger partial charge in [-0.15, -0.1) is 0 Å². The fraction of sp³-hybridized carbons (Fsp3) is 1.00. The van der Waals surface area contributed by atoms with Crippen LogP contribution in [0.25, 0.3) is 0 Å². The fourth-order valence-corrected chi connectivity index (χ4v) is 4.73. The molecular formula is C18H35NO2S. The third-order valence-corrected chi connectivity index (χ3v) is 6.24. The van der Waals surface area contributed by atoms with Crippen molar-refractivity contribution >= 4 is 11.8 Å². The highest BCUT2D eigenvalue weighted by Crippen LogP contribution is 2.26. The van der Waals surface area contributed by atoms with Gasteiger partial charge in [-0.25, -0.2) is 0 Å². The Bertz CT molecular complexity index is 286. The van der Waals surface area contributed by atoms with E-state index in [1.54, 1.807) is 0 Å². The van der Waals surface area contributed by atoms with Crippen LogP contribution in [0.15, 0.2) is 0 Å². The Hall–Kier alpha value is -0.250. The summed E-state index contributed by atoms with van der Waals surface area (Å²) in [5, 5.41) is 11.9. The molecule has 0 saturated heterocycles. The summed E-state index contributed by atoms with van der Waals surface area (Å²) in [7, 11) is 0. The second-order valence-electron chi connectivity index (χ2n) is 6.77. The molecule has 1 fully saturated rings. The number of nitro groups is 1. The van der Waals surface area contributed by atoms with Crippen molar-refractivity contribution in [3.05, 3.63) is 10.1 Å². The second-order valence-corrected chi connectivity index (χ2v) is 8.18. The lowest BCUT2D eigenvalue weighted by molar-refractivity contribution is -0.524. The van der Waals surface area contributed by atoms with Crippen LogP contribution in [-0.2, 0) is 0 Å². The molecule has 1 aliphatic carbocycles. The van der Waals surface area contributed by atoms with Crippen LogP contribution in [0.5, 0.6) is 0 Å². The lowest BCUT2D eigenvalue weighted by atomic mass is 9.98. The van der Waals surface area contributed by atoms with Gasteiger partial charge in [0.2, 0.25) is 6.04 Å². The summed E-state index contributed by atoms with van der Waals surface area (Å²) in [5.41, 5.74) is 0. The zero-order valence-electron chi connectivity index (χ0n) is 14.4. The summed E-state index contributed by atoms with van der Waals surface area (Å²) in [6, 6.07) is -0.283. The van der Waals surface area contributed by atoms with Crippen molar-refractivity contribution < 1.29 is 4.92 Å². The number of hydrogen-bond donors (Lipinski definition) is 0. The molecule has 1 saturated carbocycles. The third kappa shape index (κ3) is 9.70. The topological polar surface area (TPSA) is 43.1 Å². The van der Waals surface area contributed by atoms with E-state index in [-0.39, 0.29) is 11.0 Å². The molecule has 1 rings (SSSR count). The molecule has 0 aromatic rings. The van der Waals surface area contributed by atoms with Crippen LogP contribution in [0.3, 0.4) is 0 Å². The zero-order chi connectivity index (χ0) is 16.0. The van der Waals surface area contributed by atoms with Crippen molar-refractivity contribution in [2.75, 3.05) is 5.75 Å². The van der Waals surface area contributed by atoms with Crippen molar-refractivity contribution in [1.29, 1.82) is 0 Å². The van der Waals surface area contributed by atoms with E-state index in [4.69, 9.17) is 0 Å². The van der Waals surface area contributed by atoms with Crippen molar-refractivity contribution in [3.63, 3.8) is 0 Å². The molecule has 22 heavy (non-hydrogen) atoms. The van der Waals surface area contributed by atoms with Crippen LogP contribution < -0.4 is 0 Å². The Kier molecular flexibility index (Phi) is 11.9. The quantitative estimate of drug-likeness (QED) is 0.341. The molecule has 3 nitrogen and oxygen atoms in total. The van der Waals surface area contributed by atoms with Gasteiger partial charge in [0.25, 0.3) is 0 Å². The smallest absolute Gasteiger partial charge is 0.213 e. The van der Waals surface area contributed by atoms with Gasteiger partial charge < -0.3 is 0 Å². The molecule has 2 atom stereocenters. The van der Waals surface area contributed by atoms with Crippen LogP contribution in [0, 0.1) is 10.1 Å². The Labute approximate surface area is 141 Å². The van der Waals surface area contributed by atoms with E-state index in [0.717, 1.165) is 30.9 Å². The van der Waals surface area contributed by atoms with Crippen molar-refractivity contribution in [2.24, 2.45) is 0 Å². The molecule has 0 aromatic heterocycles. The summed E-state index contributed by atoms with van der Waals surface area (Å²) >= 11 is 2.16. The molecule has 0 aliphatic heterocycles. The maximum atomic E-state index is 11.1. The molecular weight excluding hydrogens is 294 g/mol. The Morgan fingerprint density at radius 3 is 2.00 bits per heavy atom. The van der Waals surface area contributed by atoms with E-state index in [1.165, 1.54) is 70.0 Å². The van der Waals surface area contributed by atoms with Gasteiger partial charge in [0.1, 0.15) is 0 Å². The number of thioether (sulfide) groups is 1. The van der Waals surface area contributed by atoms with Crippen molar-refractivity contribution in [1.82, 2.24) is 0 Å². The lowest BCUT2D eigenvalue weighted by Gasteiger charge is -2.17. The molecule has 0 spiro atoms. The minimum absolute atomic E-state index is 0.0284. The van der Waals surface area contributed by atoms with Gasteiger partial charge in [0, 0.05) is 23.0 Å². The van der Waals surface area contributed by atoms with Gasteiger partial charge in [-0.3, -0.25) is 10.1 Å². The average molecular weight is 330 g/mol. The van der Waals surface area contributed by atoms with Gasteiger partial charge in [-0.05, 0) is 37.9 Å². The largest absolute Gasteiger partial charge is 0.264 e. The van der Waals surface area contributed by atoms with E-state index >= 15 is 0 Å². The fourth-order valence-electron chi connectivity index (χ4n) is 3.27. The zero-order valence-corrected chi connectivity index (χ0v) is 15.2. The predicted molar refractivity (Wildman–Crippen MR) is 97.3 cm³/mol. The summed E-state index contributed by atoms with van der Waals surface area (Å²) < 4.78 is 0. The Morgan fingerprint density at radius 1 is 0.909 bits per heavy atom. The third-order valence-electron chi connectivity index (χ3n) is 4.78. The van der Waals surface area contributed by atoms with E-state index in [1.807, 2.05) is 0 Å². The second kappa shape index (κ2) is 13.2. The molecule has 0 amide bonds. The Balaban J connectivity index is 2.38. The highest BCUT2D eigenvalue weighted by atomic mass is 32.2. The lowest BCUT2D eigenvalue weighted by Crippen LogP contribution is -2.19. The van der Waals surface area contributed by atoms with Gasteiger partial charge in [-0.2, -0.15) is 11.8 Å². The minimum Gasteiger partial charge on any atom is -0.264 e. The number of hydrogen-bond acceptors (Lipinski definition) is 3. The summed E-state index contributed by atoms with van der Waals surface area (Å²) in [5.74, 6) is 1.29. The molecule has 4 heteroatoms. The van der Waals surface area contributed by atoms with Gasteiger partial charge in [0.05, 0.1) is 0 Å². The molecule has 1 aliphatic rings. The molecule has 2 unspecified atom stereocenters. The van der Waals surface area contributed by atoms with E-state index in [0.29, 0.717) is 0 Å². The van der Waals surface area contributed by atoms with Gasteiger partial charge in [0.15, 0.2) is 0 Å². The molecule has 130 valence electrons. The van der Waals surface area contributed by atoms with Crippen LogP contribution in [0.1, 0.15) is 96.8 Å². The monoisotopic (exact) mass is 329 g/mol.